The number of hydrogen-bond acceptors (Lipinski definition) is 0. The molecule has 0 aliphatic rings. The monoisotopic (exact) mass is 316 g/mol. The molecule has 0 aliphatic heterocycles. The Hall–Kier alpha value is -0.930. The summed E-state index contributed by atoms with van der Waals surface area (Å²) in [7, 11) is 0. The highest BCUT2D eigenvalue weighted by Gasteiger charge is 2.16. The van der Waals surface area contributed by atoms with Crippen molar-refractivity contribution in [1.82, 2.24) is 0 Å². The maximum atomic E-state index is 12.7. The zero-order chi connectivity index (χ0) is 12.4. The van der Waals surface area contributed by atoms with Gasteiger partial charge in [-0.25, -0.2) is 8.78 Å². The molecule has 0 bridgehead atoms. The van der Waals surface area contributed by atoms with Crippen LogP contribution in [0.2, 0.25) is 5.02 Å². The molecule has 0 aromatic heterocycles. The van der Waals surface area contributed by atoms with Gasteiger partial charge in [-0.1, -0.05) is 63.9 Å². The summed E-state index contributed by atoms with van der Waals surface area (Å²) < 4.78 is 26.3. The minimum atomic E-state index is -2.56. The molecule has 0 radical (unpaired) electrons. The lowest BCUT2D eigenvalue weighted by molar-refractivity contribution is 0.151. The predicted octanol–water partition coefficient (Wildman–Crippen LogP) is 5.71. The number of halogens is 4. The smallest absolute Gasteiger partial charge is 0.205 e. The molecule has 0 amide bonds. The van der Waals surface area contributed by atoms with E-state index in [1.807, 2.05) is 24.3 Å². The van der Waals surface area contributed by atoms with Gasteiger partial charge in [0.25, 0.3) is 6.43 Å². The van der Waals surface area contributed by atoms with E-state index in [-0.39, 0.29) is 10.6 Å². The molecule has 2 aromatic rings. The van der Waals surface area contributed by atoms with E-state index in [2.05, 4.69) is 15.9 Å². The maximum absolute atomic E-state index is 12.7. The van der Waals surface area contributed by atoms with Crippen molar-refractivity contribution >= 4 is 27.5 Å². The van der Waals surface area contributed by atoms with Gasteiger partial charge in [0.2, 0.25) is 0 Å². The van der Waals surface area contributed by atoms with E-state index in [1.54, 1.807) is 12.1 Å². The SMILES string of the molecule is FC(F)c1cccc(-c2ccccc2Br)c1Cl. The van der Waals surface area contributed by atoms with Gasteiger partial charge in [-0.3, -0.25) is 0 Å². The molecule has 0 atom stereocenters. The summed E-state index contributed by atoms with van der Waals surface area (Å²) in [5.41, 5.74) is 1.27. The zero-order valence-corrected chi connectivity index (χ0v) is 11.0. The third-order valence-electron chi connectivity index (χ3n) is 2.43. The predicted molar refractivity (Wildman–Crippen MR) is 69.5 cm³/mol. The van der Waals surface area contributed by atoms with E-state index in [1.165, 1.54) is 6.07 Å². The molecule has 0 saturated carbocycles. The third kappa shape index (κ3) is 2.50. The molecular weight excluding hydrogens is 309 g/mol. The van der Waals surface area contributed by atoms with Crippen molar-refractivity contribution in [3.8, 4) is 11.1 Å². The molecule has 2 rings (SSSR count). The Labute approximate surface area is 111 Å². The number of hydrogen-bond donors (Lipinski definition) is 0. The zero-order valence-electron chi connectivity index (χ0n) is 8.63. The molecule has 2 aromatic carbocycles. The summed E-state index contributed by atoms with van der Waals surface area (Å²) in [6.45, 7) is 0. The topological polar surface area (TPSA) is 0 Å². The molecule has 0 N–H and O–H groups in total. The van der Waals surface area contributed by atoms with E-state index in [0.717, 1.165) is 10.0 Å². The van der Waals surface area contributed by atoms with Crippen molar-refractivity contribution in [3.05, 3.63) is 57.5 Å². The van der Waals surface area contributed by atoms with Crippen LogP contribution in [0.5, 0.6) is 0 Å². The van der Waals surface area contributed by atoms with Crippen molar-refractivity contribution in [3.63, 3.8) is 0 Å². The molecule has 0 fully saturated rings. The summed E-state index contributed by atoms with van der Waals surface area (Å²) in [6, 6.07) is 12.0. The molecule has 4 heteroatoms. The summed E-state index contributed by atoms with van der Waals surface area (Å²) in [6.07, 6.45) is -2.56. The van der Waals surface area contributed by atoms with Crippen molar-refractivity contribution < 1.29 is 8.78 Å². The Bertz CT molecular complexity index is 541. The van der Waals surface area contributed by atoms with Crippen LogP contribution < -0.4 is 0 Å². The summed E-state index contributed by atoms with van der Waals surface area (Å²) in [5.74, 6) is 0. The fraction of sp³-hybridized carbons (Fsp3) is 0.0769. The van der Waals surface area contributed by atoms with Crippen LogP contribution >= 0.6 is 27.5 Å². The highest BCUT2D eigenvalue weighted by atomic mass is 79.9. The Balaban J connectivity index is 2.61. The lowest BCUT2D eigenvalue weighted by Gasteiger charge is -2.10. The normalized spacial score (nSPS) is 10.9. The molecule has 88 valence electrons. The van der Waals surface area contributed by atoms with Crippen molar-refractivity contribution in [1.29, 1.82) is 0 Å². The van der Waals surface area contributed by atoms with Crippen LogP contribution in [0.3, 0.4) is 0 Å². The average molecular weight is 318 g/mol. The molecule has 0 unspecified atom stereocenters. The van der Waals surface area contributed by atoms with Gasteiger partial charge < -0.3 is 0 Å². The van der Waals surface area contributed by atoms with E-state index in [0.29, 0.717) is 5.56 Å². The van der Waals surface area contributed by atoms with Crippen molar-refractivity contribution in [2.24, 2.45) is 0 Å². The first-order chi connectivity index (χ1) is 8.11. The van der Waals surface area contributed by atoms with Gasteiger partial charge in [0, 0.05) is 15.6 Å². The second-order valence-electron chi connectivity index (χ2n) is 3.49. The minimum Gasteiger partial charge on any atom is -0.205 e. The van der Waals surface area contributed by atoms with Crippen LogP contribution in [0.4, 0.5) is 8.78 Å². The minimum absolute atomic E-state index is 0.106. The van der Waals surface area contributed by atoms with E-state index < -0.39 is 6.43 Å². The standard InChI is InChI=1S/C13H8BrClF2/c14-11-7-2-1-4-8(11)9-5-3-6-10(12(9)15)13(16)17/h1-7,13H. The first-order valence-electron chi connectivity index (χ1n) is 4.92. The van der Waals surface area contributed by atoms with Crippen LogP contribution in [0, 0.1) is 0 Å². The van der Waals surface area contributed by atoms with Gasteiger partial charge in [-0.15, -0.1) is 0 Å². The maximum Gasteiger partial charge on any atom is 0.265 e. The second kappa shape index (κ2) is 5.15. The largest absolute Gasteiger partial charge is 0.265 e. The third-order valence-corrected chi connectivity index (χ3v) is 3.54. The first-order valence-corrected chi connectivity index (χ1v) is 6.10. The molecule has 0 aliphatic carbocycles. The van der Waals surface area contributed by atoms with E-state index in [4.69, 9.17) is 11.6 Å². The van der Waals surface area contributed by atoms with Gasteiger partial charge in [0.1, 0.15) is 0 Å². The van der Waals surface area contributed by atoms with Gasteiger partial charge in [0.05, 0.1) is 5.02 Å². The Morgan fingerprint density at radius 3 is 2.24 bits per heavy atom. The van der Waals surface area contributed by atoms with Gasteiger partial charge in [-0.2, -0.15) is 0 Å². The van der Waals surface area contributed by atoms with E-state index in [9.17, 15) is 8.78 Å². The van der Waals surface area contributed by atoms with Gasteiger partial charge >= 0.3 is 0 Å². The van der Waals surface area contributed by atoms with E-state index >= 15 is 0 Å². The Kier molecular flexibility index (Phi) is 3.79. The summed E-state index contributed by atoms with van der Waals surface area (Å²) >= 11 is 9.39. The van der Waals surface area contributed by atoms with Gasteiger partial charge in [0.15, 0.2) is 0 Å². The van der Waals surface area contributed by atoms with Crippen LogP contribution in [-0.2, 0) is 0 Å². The molecule has 0 saturated heterocycles. The van der Waals surface area contributed by atoms with Crippen LogP contribution in [0.1, 0.15) is 12.0 Å². The number of benzene rings is 2. The molecule has 0 spiro atoms. The summed E-state index contributed by atoms with van der Waals surface area (Å²) in [4.78, 5) is 0. The number of alkyl halides is 2. The average Bonchev–Trinajstić information content (AvgIpc) is 2.30. The Morgan fingerprint density at radius 2 is 1.59 bits per heavy atom. The lowest BCUT2D eigenvalue weighted by Crippen LogP contribution is -1.89. The Morgan fingerprint density at radius 1 is 0.941 bits per heavy atom. The quantitative estimate of drug-likeness (QED) is 0.666. The number of rotatable bonds is 2. The van der Waals surface area contributed by atoms with Crippen LogP contribution in [-0.4, -0.2) is 0 Å². The molecule has 0 heterocycles. The fourth-order valence-electron chi connectivity index (χ4n) is 1.61. The van der Waals surface area contributed by atoms with Crippen LogP contribution in [0.15, 0.2) is 46.9 Å². The highest BCUT2D eigenvalue weighted by Crippen LogP contribution is 2.38. The highest BCUT2D eigenvalue weighted by molar-refractivity contribution is 9.10. The first kappa shape index (κ1) is 12.5. The van der Waals surface area contributed by atoms with Crippen LogP contribution in [0.25, 0.3) is 11.1 Å². The second-order valence-corrected chi connectivity index (χ2v) is 4.72. The molecule has 0 nitrogen and oxygen atoms in total. The van der Waals surface area contributed by atoms with Gasteiger partial charge in [-0.05, 0) is 11.6 Å². The lowest BCUT2D eigenvalue weighted by atomic mass is 10.0. The fourth-order valence-corrected chi connectivity index (χ4v) is 2.41. The summed E-state index contributed by atoms with van der Waals surface area (Å²) in [5, 5.41) is 0.106. The van der Waals surface area contributed by atoms with Crippen molar-refractivity contribution in [2.45, 2.75) is 6.43 Å². The molecular formula is C13H8BrClF2. The molecule has 17 heavy (non-hydrogen) atoms. The van der Waals surface area contributed by atoms with Crippen molar-refractivity contribution in [2.75, 3.05) is 0 Å².